The molecule has 106 valence electrons. The maximum atomic E-state index is 8.83. The summed E-state index contributed by atoms with van der Waals surface area (Å²) < 4.78 is 5.47. The van der Waals surface area contributed by atoms with Crippen LogP contribution in [0.5, 0.6) is 0 Å². The summed E-state index contributed by atoms with van der Waals surface area (Å²) in [6.45, 7) is 2.19. The van der Waals surface area contributed by atoms with E-state index < -0.39 is 0 Å². The lowest BCUT2D eigenvalue weighted by atomic mass is 10.1. The first-order valence-corrected chi connectivity index (χ1v) is 7.60. The molecule has 1 aromatic heterocycles. The van der Waals surface area contributed by atoms with E-state index in [0.29, 0.717) is 23.3 Å². The lowest BCUT2D eigenvalue weighted by Crippen LogP contribution is -1.98. The fourth-order valence-corrected chi connectivity index (χ4v) is 3.03. The summed E-state index contributed by atoms with van der Waals surface area (Å²) in [6, 6.07) is 9.97. The van der Waals surface area contributed by atoms with Crippen LogP contribution in [0.2, 0.25) is 0 Å². The largest absolute Gasteiger partial charge is 0.339 e. The maximum absolute atomic E-state index is 8.83. The van der Waals surface area contributed by atoms with E-state index in [1.807, 2.05) is 24.3 Å². The van der Waals surface area contributed by atoms with Crippen molar-refractivity contribution in [2.45, 2.75) is 43.9 Å². The van der Waals surface area contributed by atoms with Gasteiger partial charge in [0.15, 0.2) is 5.82 Å². The Morgan fingerprint density at radius 3 is 2.67 bits per heavy atom. The number of hydrogen-bond donors (Lipinski definition) is 0. The molecule has 2 aliphatic rings. The van der Waals surface area contributed by atoms with Crippen LogP contribution in [-0.2, 0) is 0 Å². The number of rotatable bonds is 4. The number of nitrogens with zero attached hydrogens (tertiary/aromatic N) is 3. The van der Waals surface area contributed by atoms with Gasteiger partial charge in [-0.2, -0.15) is 10.2 Å². The summed E-state index contributed by atoms with van der Waals surface area (Å²) in [6.07, 6.45) is 3.65. The average molecular weight is 279 g/mol. The van der Waals surface area contributed by atoms with Crippen molar-refractivity contribution in [2.75, 3.05) is 0 Å². The Hall–Kier alpha value is -2.15. The minimum atomic E-state index is 0.352. The SMILES string of the molecule is C[C@H](c1noc([C@H]2C[C@@H]2c2ccc(C#N)cc2)n1)C1CC1. The topological polar surface area (TPSA) is 62.7 Å². The first-order chi connectivity index (χ1) is 10.3. The molecule has 2 aliphatic carbocycles. The molecule has 0 bridgehead atoms. The Bertz CT molecular complexity index is 694. The lowest BCUT2D eigenvalue weighted by Gasteiger charge is -2.01. The summed E-state index contributed by atoms with van der Waals surface area (Å²) in [5.41, 5.74) is 1.96. The molecular weight excluding hydrogens is 262 g/mol. The number of nitriles is 1. The Kier molecular flexibility index (Phi) is 2.81. The molecule has 1 aromatic carbocycles. The average Bonchev–Trinajstić information content (AvgIpc) is 3.45. The first-order valence-electron chi connectivity index (χ1n) is 7.60. The fraction of sp³-hybridized carbons (Fsp3) is 0.471. The second-order valence-electron chi connectivity index (χ2n) is 6.30. The Balaban J connectivity index is 1.47. The highest BCUT2D eigenvalue weighted by atomic mass is 16.5. The van der Waals surface area contributed by atoms with E-state index in [1.54, 1.807) is 0 Å². The molecule has 21 heavy (non-hydrogen) atoms. The summed E-state index contributed by atoms with van der Waals surface area (Å²) >= 11 is 0. The summed E-state index contributed by atoms with van der Waals surface area (Å²) in [5.74, 6) is 3.65. The summed E-state index contributed by atoms with van der Waals surface area (Å²) in [5, 5.41) is 13.0. The van der Waals surface area contributed by atoms with E-state index in [-0.39, 0.29) is 0 Å². The van der Waals surface area contributed by atoms with Crippen LogP contribution in [0, 0.1) is 17.2 Å². The molecule has 0 amide bonds. The number of benzene rings is 1. The molecule has 2 saturated carbocycles. The van der Waals surface area contributed by atoms with Crippen LogP contribution in [0.4, 0.5) is 0 Å². The van der Waals surface area contributed by atoms with E-state index in [4.69, 9.17) is 9.78 Å². The van der Waals surface area contributed by atoms with Crippen molar-refractivity contribution in [3.05, 3.63) is 47.1 Å². The Morgan fingerprint density at radius 2 is 2.00 bits per heavy atom. The normalized spacial score (nSPS) is 25.3. The third-order valence-electron chi connectivity index (χ3n) is 4.77. The van der Waals surface area contributed by atoms with Crippen molar-refractivity contribution < 1.29 is 4.52 Å². The monoisotopic (exact) mass is 279 g/mol. The Morgan fingerprint density at radius 1 is 1.24 bits per heavy atom. The molecule has 1 heterocycles. The van der Waals surface area contributed by atoms with Gasteiger partial charge in [0.25, 0.3) is 0 Å². The van der Waals surface area contributed by atoms with Crippen LogP contribution in [0.1, 0.15) is 66.8 Å². The first kappa shape index (κ1) is 12.6. The van der Waals surface area contributed by atoms with Crippen LogP contribution in [0.3, 0.4) is 0 Å². The highest BCUT2D eigenvalue weighted by Crippen LogP contribution is 2.54. The smallest absolute Gasteiger partial charge is 0.230 e. The minimum absolute atomic E-state index is 0.352. The van der Waals surface area contributed by atoms with Gasteiger partial charge in [0, 0.05) is 11.8 Å². The Labute approximate surface area is 123 Å². The van der Waals surface area contributed by atoms with Gasteiger partial charge in [-0.15, -0.1) is 0 Å². The van der Waals surface area contributed by atoms with Crippen LogP contribution in [-0.4, -0.2) is 10.1 Å². The standard InChI is InChI=1S/C17H17N3O/c1-10(12-6-7-12)16-19-17(21-20-16)15-8-14(15)13-4-2-11(9-18)3-5-13/h2-5,10,12,14-15H,6-8H2,1H3/t10-,14+,15-/m0/s1. The van der Waals surface area contributed by atoms with Crippen molar-refractivity contribution in [3.8, 4) is 6.07 Å². The van der Waals surface area contributed by atoms with Gasteiger partial charge in [-0.05, 0) is 48.8 Å². The molecule has 2 aromatic rings. The van der Waals surface area contributed by atoms with Gasteiger partial charge >= 0.3 is 0 Å². The van der Waals surface area contributed by atoms with Crippen molar-refractivity contribution in [3.63, 3.8) is 0 Å². The molecule has 4 heteroatoms. The third-order valence-corrected chi connectivity index (χ3v) is 4.77. The quantitative estimate of drug-likeness (QED) is 0.855. The molecule has 0 aliphatic heterocycles. The number of hydrogen-bond acceptors (Lipinski definition) is 4. The molecule has 2 fully saturated rings. The summed E-state index contributed by atoms with van der Waals surface area (Å²) in [7, 11) is 0. The van der Waals surface area contributed by atoms with Crippen molar-refractivity contribution in [2.24, 2.45) is 5.92 Å². The highest BCUT2D eigenvalue weighted by molar-refractivity contribution is 5.37. The minimum Gasteiger partial charge on any atom is -0.339 e. The zero-order chi connectivity index (χ0) is 14.4. The predicted octanol–water partition coefficient (Wildman–Crippen LogP) is 3.73. The van der Waals surface area contributed by atoms with Gasteiger partial charge in [0.2, 0.25) is 5.89 Å². The van der Waals surface area contributed by atoms with Gasteiger partial charge in [-0.25, -0.2) is 0 Å². The van der Waals surface area contributed by atoms with E-state index in [0.717, 1.165) is 24.1 Å². The molecule has 0 saturated heterocycles. The zero-order valence-corrected chi connectivity index (χ0v) is 12.0. The van der Waals surface area contributed by atoms with Crippen LogP contribution < -0.4 is 0 Å². The van der Waals surface area contributed by atoms with Crippen LogP contribution >= 0.6 is 0 Å². The van der Waals surface area contributed by atoms with Crippen molar-refractivity contribution >= 4 is 0 Å². The second kappa shape index (κ2) is 4.70. The maximum Gasteiger partial charge on any atom is 0.230 e. The van der Waals surface area contributed by atoms with Gasteiger partial charge < -0.3 is 4.52 Å². The van der Waals surface area contributed by atoms with E-state index in [9.17, 15) is 0 Å². The molecule has 3 atom stereocenters. The van der Waals surface area contributed by atoms with Gasteiger partial charge in [0.1, 0.15) is 0 Å². The fourth-order valence-electron chi connectivity index (χ4n) is 3.03. The molecule has 4 rings (SSSR count). The predicted molar refractivity (Wildman–Crippen MR) is 76.7 cm³/mol. The summed E-state index contributed by atoms with van der Waals surface area (Å²) in [4.78, 5) is 4.61. The number of aromatic nitrogens is 2. The van der Waals surface area contributed by atoms with Crippen LogP contribution in [0.15, 0.2) is 28.8 Å². The molecular formula is C17H17N3O. The second-order valence-corrected chi connectivity index (χ2v) is 6.30. The third kappa shape index (κ3) is 2.33. The van der Waals surface area contributed by atoms with E-state index in [1.165, 1.54) is 18.4 Å². The van der Waals surface area contributed by atoms with Crippen molar-refractivity contribution in [1.82, 2.24) is 10.1 Å². The molecule has 0 spiro atoms. The van der Waals surface area contributed by atoms with Crippen molar-refractivity contribution in [1.29, 1.82) is 5.26 Å². The molecule has 0 radical (unpaired) electrons. The lowest BCUT2D eigenvalue weighted by molar-refractivity contribution is 0.368. The molecule has 0 unspecified atom stereocenters. The van der Waals surface area contributed by atoms with Gasteiger partial charge in [0.05, 0.1) is 11.6 Å². The molecule has 0 N–H and O–H groups in total. The van der Waals surface area contributed by atoms with E-state index >= 15 is 0 Å². The zero-order valence-electron chi connectivity index (χ0n) is 12.0. The highest BCUT2D eigenvalue weighted by Gasteiger charge is 2.44. The van der Waals surface area contributed by atoms with Gasteiger partial charge in [-0.3, -0.25) is 0 Å². The molecule has 4 nitrogen and oxygen atoms in total. The van der Waals surface area contributed by atoms with Crippen LogP contribution in [0.25, 0.3) is 0 Å². The van der Waals surface area contributed by atoms with Gasteiger partial charge in [-0.1, -0.05) is 24.2 Å². The van der Waals surface area contributed by atoms with E-state index in [2.05, 4.69) is 23.1 Å².